The molecule has 0 saturated carbocycles. The normalized spacial score (nSPS) is 9.94. The predicted molar refractivity (Wildman–Crippen MR) is 59.9 cm³/mol. The van der Waals surface area contributed by atoms with E-state index in [9.17, 15) is 4.39 Å². The van der Waals surface area contributed by atoms with Gasteiger partial charge < -0.3 is 4.74 Å². The summed E-state index contributed by atoms with van der Waals surface area (Å²) in [4.78, 5) is 0. The fourth-order valence-electron chi connectivity index (χ4n) is 1.45. The number of nitrogens with one attached hydrogen (secondary N) is 1. The van der Waals surface area contributed by atoms with Crippen molar-refractivity contribution in [3.05, 3.63) is 35.6 Å². The summed E-state index contributed by atoms with van der Waals surface area (Å²) in [5.74, 6) is -0.0789. The third-order valence-electron chi connectivity index (χ3n) is 2.25. The molecule has 0 bridgehead atoms. The standard InChI is InChI=1S/C12H10FN3O/c1-2-17-12-6-11(15-16-12)8-3-4-9(7-14)10(13)5-8/h3-6H,2H2,1H3,(H,15,16). The summed E-state index contributed by atoms with van der Waals surface area (Å²) in [6.45, 7) is 2.38. The van der Waals surface area contributed by atoms with Crippen LogP contribution in [0, 0.1) is 17.1 Å². The smallest absolute Gasteiger partial charge is 0.233 e. The molecule has 1 aromatic heterocycles. The molecule has 0 aliphatic rings. The lowest BCUT2D eigenvalue weighted by Gasteiger charge is -1.98. The number of H-pyrrole nitrogens is 1. The van der Waals surface area contributed by atoms with Crippen LogP contribution in [0.15, 0.2) is 24.3 Å². The molecule has 1 heterocycles. The van der Waals surface area contributed by atoms with E-state index < -0.39 is 5.82 Å². The highest BCUT2D eigenvalue weighted by molar-refractivity contribution is 5.61. The van der Waals surface area contributed by atoms with Gasteiger partial charge in [0.2, 0.25) is 5.88 Å². The number of aromatic nitrogens is 2. The first-order valence-electron chi connectivity index (χ1n) is 5.13. The van der Waals surface area contributed by atoms with Crippen molar-refractivity contribution in [1.82, 2.24) is 10.2 Å². The van der Waals surface area contributed by atoms with Gasteiger partial charge in [-0.2, -0.15) is 5.26 Å². The Hall–Kier alpha value is -2.35. The van der Waals surface area contributed by atoms with Crippen molar-refractivity contribution in [2.45, 2.75) is 6.92 Å². The largest absolute Gasteiger partial charge is 0.477 e. The fraction of sp³-hybridized carbons (Fsp3) is 0.167. The monoisotopic (exact) mass is 231 g/mol. The highest BCUT2D eigenvalue weighted by Gasteiger charge is 2.07. The molecule has 86 valence electrons. The minimum absolute atomic E-state index is 0.0262. The Morgan fingerprint density at radius 1 is 1.47 bits per heavy atom. The van der Waals surface area contributed by atoms with E-state index in [0.717, 1.165) is 0 Å². The predicted octanol–water partition coefficient (Wildman–Crippen LogP) is 2.49. The maximum atomic E-state index is 13.4. The van der Waals surface area contributed by atoms with Gasteiger partial charge in [-0.1, -0.05) is 6.07 Å². The molecule has 0 amide bonds. The molecule has 1 N–H and O–H groups in total. The summed E-state index contributed by atoms with van der Waals surface area (Å²) in [6, 6.07) is 7.85. The van der Waals surface area contributed by atoms with Gasteiger partial charge in [0.1, 0.15) is 11.9 Å². The maximum absolute atomic E-state index is 13.4. The van der Waals surface area contributed by atoms with Crippen molar-refractivity contribution in [3.8, 4) is 23.2 Å². The minimum atomic E-state index is -0.544. The molecular formula is C12H10FN3O. The lowest BCUT2D eigenvalue weighted by Crippen LogP contribution is -1.90. The van der Waals surface area contributed by atoms with Crippen molar-refractivity contribution in [2.75, 3.05) is 6.61 Å². The van der Waals surface area contributed by atoms with Gasteiger partial charge in [0.05, 0.1) is 17.9 Å². The van der Waals surface area contributed by atoms with Gasteiger partial charge in [-0.3, -0.25) is 5.10 Å². The molecule has 4 nitrogen and oxygen atoms in total. The first-order valence-corrected chi connectivity index (χ1v) is 5.13. The van der Waals surface area contributed by atoms with Crippen molar-refractivity contribution in [1.29, 1.82) is 5.26 Å². The molecule has 0 fully saturated rings. The van der Waals surface area contributed by atoms with Crippen molar-refractivity contribution in [3.63, 3.8) is 0 Å². The highest BCUT2D eigenvalue weighted by atomic mass is 19.1. The first-order chi connectivity index (χ1) is 8.24. The van der Waals surface area contributed by atoms with Gasteiger partial charge >= 0.3 is 0 Å². The van der Waals surface area contributed by atoms with E-state index in [1.165, 1.54) is 12.1 Å². The summed E-state index contributed by atoms with van der Waals surface area (Å²) in [7, 11) is 0. The Bertz CT molecular complexity index is 571. The van der Waals surface area contributed by atoms with Gasteiger partial charge in [-0.15, -0.1) is 5.10 Å². The average Bonchev–Trinajstić information content (AvgIpc) is 2.78. The van der Waals surface area contributed by atoms with E-state index in [1.807, 2.05) is 6.92 Å². The second-order valence-corrected chi connectivity index (χ2v) is 3.36. The van der Waals surface area contributed by atoms with Gasteiger partial charge in [-0.05, 0) is 19.1 Å². The quantitative estimate of drug-likeness (QED) is 0.882. The van der Waals surface area contributed by atoms with E-state index in [1.54, 1.807) is 18.2 Å². The van der Waals surface area contributed by atoms with E-state index >= 15 is 0 Å². The van der Waals surface area contributed by atoms with Crippen LogP contribution in [0.1, 0.15) is 12.5 Å². The molecule has 0 atom stereocenters. The van der Waals surface area contributed by atoms with Gasteiger partial charge in [-0.25, -0.2) is 4.39 Å². The van der Waals surface area contributed by atoms with Gasteiger partial charge in [0, 0.05) is 11.6 Å². The van der Waals surface area contributed by atoms with Gasteiger partial charge in [0.25, 0.3) is 0 Å². The molecule has 0 spiro atoms. The second kappa shape index (κ2) is 4.66. The van der Waals surface area contributed by atoms with Crippen molar-refractivity contribution >= 4 is 0 Å². The highest BCUT2D eigenvalue weighted by Crippen LogP contribution is 2.22. The number of aromatic amines is 1. The number of nitrogens with zero attached hydrogens (tertiary/aromatic N) is 2. The zero-order chi connectivity index (χ0) is 12.3. The molecule has 0 aliphatic heterocycles. The van der Waals surface area contributed by atoms with Crippen LogP contribution in [0.3, 0.4) is 0 Å². The van der Waals surface area contributed by atoms with Crippen LogP contribution in [-0.2, 0) is 0 Å². The second-order valence-electron chi connectivity index (χ2n) is 3.36. The van der Waals surface area contributed by atoms with Crippen molar-refractivity contribution in [2.24, 2.45) is 0 Å². The average molecular weight is 231 g/mol. The van der Waals surface area contributed by atoms with Gasteiger partial charge in [0.15, 0.2) is 0 Å². The van der Waals surface area contributed by atoms with Crippen LogP contribution >= 0.6 is 0 Å². The Balaban J connectivity index is 2.33. The first kappa shape index (κ1) is 11.1. The lowest BCUT2D eigenvalue weighted by atomic mass is 10.1. The molecule has 1 aromatic carbocycles. The molecule has 0 radical (unpaired) electrons. The zero-order valence-electron chi connectivity index (χ0n) is 9.20. The van der Waals surface area contributed by atoms with E-state index in [2.05, 4.69) is 10.2 Å². The summed E-state index contributed by atoms with van der Waals surface area (Å²) in [5.41, 5.74) is 1.30. The molecule has 2 aromatic rings. The zero-order valence-corrected chi connectivity index (χ0v) is 9.20. The topological polar surface area (TPSA) is 61.7 Å². The molecule has 0 aliphatic carbocycles. The molecule has 2 rings (SSSR count). The summed E-state index contributed by atoms with van der Waals surface area (Å²) < 4.78 is 18.6. The maximum Gasteiger partial charge on any atom is 0.233 e. The van der Waals surface area contributed by atoms with Crippen LogP contribution in [0.2, 0.25) is 0 Å². The van der Waals surface area contributed by atoms with Crippen LogP contribution < -0.4 is 4.74 Å². The molecule has 0 saturated heterocycles. The lowest BCUT2D eigenvalue weighted by molar-refractivity contribution is 0.326. The Labute approximate surface area is 97.7 Å². The summed E-state index contributed by atoms with van der Waals surface area (Å²) >= 11 is 0. The van der Waals surface area contributed by atoms with Crippen LogP contribution in [0.25, 0.3) is 11.3 Å². The number of hydrogen-bond donors (Lipinski definition) is 1. The third kappa shape index (κ3) is 2.26. The number of rotatable bonds is 3. The van der Waals surface area contributed by atoms with Crippen LogP contribution in [0.5, 0.6) is 5.88 Å². The Morgan fingerprint density at radius 2 is 2.29 bits per heavy atom. The number of ether oxygens (including phenoxy) is 1. The number of benzene rings is 1. The molecule has 0 unspecified atom stereocenters. The Morgan fingerprint density at radius 3 is 2.94 bits per heavy atom. The molecule has 5 heteroatoms. The van der Waals surface area contributed by atoms with E-state index in [0.29, 0.717) is 23.7 Å². The van der Waals surface area contributed by atoms with E-state index in [4.69, 9.17) is 10.00 Å². The molecular weight excluding hydrogens is 221 g/mol. The van der Waals surface area contributed by atoms with Crippen LogP contribution in [0.4, 0.5) is 4.39 Å². The molecule has 17 heavy (non-hydrogen) atoms. The number of nitriles is 1. The number of halogens is 1. The fourth-order valence-corrected chi connectivity index (χ4v) is 1.45. The number of hydrogen-bond acceptors (Lipinski definition) is 3. The summed E-state index contributed by atoms with van der Waals surface area (Å²) in [6.07, 6.45) is 0. The summed E-state index contributed by atoms with van der Waals surface area (Å²) in [5, 5.41) is 15.3. The Kier molecular flexibility index (Phi) is 3.06. The third-order valence-corrected chi connectivity index (χ3v) is 2.25. The SMILES string of the molecule is CCOc1cc(-c2ccc(C#N)c(F)c2)[nH]n1. The van der Waals surface area contributed by atoms with E-state index in [-0.39, 0.29) is 5.56 Å². The van der Waals surface area contributed by atoms with Crippen molar-refractivity contribution < 1.29 is 9.13 Å². The minimum Gasteiger partial charge on any atom is -0.477 e. The van der Waals surface area contributed by atoms with Crippen LogP contribution in [-0.4, -0.2) is 16.8 Å².